The summed E-state index contributed by atoms with van der Waals surface area (Å²) in [7, 11) is 0. The van der Waals surface area contributed by atoms with E-state index in [1.807, 2.05) is 0 Å². The minimum Gasteiger partial charge on any atom is -0.450 e. The van der Waals surface area contributed by atoms with E-state index >= 15 is 0 Å². The molecule has 0 aromatic rings. The van der Waals surface area contributed by atoms with Crippen LogP contribution in [-0.4, -0.2) is 64.1 Å². The van der Waals surface area contributed by atoms with Crippen LogP contribution in [0.3, 0.4) is 0 Å². The Balaban J connectivity index is 0. The molecule has 4 heteroatoms. The van der Waals surface area contributed by atoms with E-state index in [4.69, 9.17) is 0 Å². The van der Waals surface area contributed by atoms with Crippen molar-refractivity contribution in [3.63, 3.8) is 0 Å². The maximum absolute atomic E-state index is 9.60. The summed E-state index contributed by atoms with van der Waals surface area (Å²) >= 11 is 0. The molecule has 1 amide bonds. The molecular formula is C3H7KNO2. The van der Waals surface area contributed by atoms with Crippen molar-refractivity contribution in [3.05, 3.63) is 0 Å². The van der Waals surface area contributed by atoms with Crippen molar-refractivity contribution < 1.29 is 9.53 Å². The van der Waals surface area contributed by atoms with Crippen LogP contribution in [0, 0.1) is 0 Å². The first-order chi connectivity index (χ1) is 2.77. The second-order valence-corrected chi connectivity index (χ2v) is 0.752. The van der Waals surface area contributed by atoms with Gasteiger partial charge in [-0.05, 0) is 6.92 Å². The number of rotatable bonds is 1. The molecule has 2 N–H and O–H groups in total. The fourth-order valence-electron chi connectivity index (χ4n) is 0.142. The van der Waals surface area contributed by atoms with Gasteiger partial charge in [0.25, 0.3) is 0 Å². The molecule has 0 unspecified atom stereocenters. The van der Waals surface area contributed by atoms with Crippen LogP contribution >= 0.6 is 0 Å². The largest absolute Gasteiger partial charge is 0.450 e. The zero-order valence-electron chi connectivity index (χ0n) is 4.60. The zero-order chi connectivity index (χ0) is 4.99. The van der Waals surface area contributed by atoms with Crippen LogP contribution < -0.4 is 5.73 Å². The molecule has 0 spiro atoms. The Morgan fingerprint density at radius 1 is 1.86 bits per heavy atom. The van der Waals surface area contributed by atoms with Crippen LogP contribution in [0.5, 0.6) is 0 Å². The number of amides is 1. The van der Waals surface area contributed by atoms with Crippen LogP contribution in [0.4, 0.5) is 4.79 Å². The summed E-state index contributed by atoms with van der Waals surface area (Å²) < 4.78 is 4.18. The molecule has 0 bridgehead atoms. The first-order valence-corrected chi connectivity index (χ1v) is 1.69. The van der Waals surface area contributed by atoms with E-state index in [-0.39, 0.29) is 51.4 Å². The molecular weight excluding hydrogens is 121 g/mol. The van der Waals surface area contributed by atoms with Crippen molar-refractivity contribution in [2.24, 2.45) is 5.73 Å². The van der Waals surface area contributed by atoms with E-state index in [0.717, 1.165) is 0 Å². The summed E-state index contributed by atoms with van der Waals surface area (Å²) in [4.78, 5) is 9.60. The second kappa shape index (κ2) is 6.91. The van der Waals surface area contributed by atoms with Gasteiger partial charge in [-0.3, -0.25) is 0 Å². The van der Waals surface area contributed by atoms with Crippen molar-refractivity contribution in [2.45, 2.75) is 6.92 Å². The third kappa shape index (κ3) is 10.9. The number of carbonyl (C=O) groups is 1. The van der Waals surface area contributed by atoms with Gasteiger partial charge in [-0.1, -0.05) is 0 Å². The van der Waals surface area contributed by atoms with Gasteiger partial charge in [0.05, 0.1) is 6.61 Å². The fraction of sp³-hybridized carbons (Fsp3) is 0.667. The van der Waals surface area contributed by atoms with E-state index in [1.165, 1.54) is 0 Å². The third-order valence-electron chi connectivity index (χ3n) is 0.287. The van der Waals surface area contributed by atoms with Crippen molar-refractivity contribution in [1.82, 2.24) is 0 Å². The summed E-state index contributed by atoms with van der Waals surface area (Å²) in [6.07, 6.45) is -0.711. The Labute approximate surface area is 85.0 Å². The fourth-order valence-corrected chi connectivity index (χ4v) is 0.142. The van der Waals surface area contributed by atoms with E-state index in [0.29, 0.717) is 6.61 Å². The smallest absolute Gasteiger partial charge is 0.404 e. The van der Waals surface area contributed by atoms with Gasteiger partial charge in [-0.25, -0.2) is 4.79 Å². The Morgan fingerprint density at radius 3 is 2.29 bits per heavy atom. The van der Waals surface area contributed by atoms with Crippen LogP contribution in [-0.2, 0) is 4.74 Å². The minimum atomic E-state index is -0.711. The third-order valence-corrected chi connectivity index (χ3v) is 0.287. The second-order valence-electron chi connectivity index (χ2n) is 0.752. The molecule has 0 rings (SSSR count). The maximum Gasteiger partial charge on any atom is 0.404 e. The van der Waals surface area contributed by atoms with Gasteiger partial charge >= 0.3 is 6.09 Å². The minimum absolute atomic E-state index is 0. The van der Waals surface area contributed by atoms with Gasteiger partial charge in [0.15, 0.2) is 0 Å². The first kappa shape index (κ1) is 10.8. The number of carbonyl (C=O) groups excluding carboxylic acids is 1. The summed E-state index contributed by atoms with van der Waals surface area (Å²) in [5.74, 6) is 0. The Kier molecular flexibility index (Phi) is 10.7. The molecule has 0 fully saturated rings. The molecule has 0 aromatic carbocycles. The van der Waals surface area contributed by atoms with E-state index in [9.17, 15) is 4.79 Å². The van der Waals surface area contributed by atoms with Gasteiger partial charge in [0, 0.05) is 51.4 Å². The molecule has 37 valence electrons. The molecule has 0 atom stereocenters. The molecule has 0 aliphatic heterocycles. The normalized spacial score (nSPS) is 6.43. The monoisotopic (exact) mass is 128 g/mol. The number of nitrogens with two attached hydrogens (primary N) is 1. The molecule has 1 radical (unpaired) electrons. The van der Waals surface area contributed by atoms with Gasteiger partial charge in [0.1, 0.15) is 0 Å². The Morgan fingerprint density at radius 2 is 2.29 bits per heavy atom. The quantitative estimate of drug-likeness (QED) is 0.494. The molecule has 0 saturated heterocycles. The SMILES string of the molecule is CCOC(N)=O.[K]. The molecule has 0 aliphatic carbocycles. The number of primary amides is 1. The van der Waals surface area contributed by atoms with Crippen LogP contribution in [0.1, 0.15) is 6.92 Å². The van der Waals surface area contributed by atoms with Gasteiger partial charge in [-0.15, -0.1) is 0 Å². The number of ether oxygens (including phenoxy) is 1. The van der Waals surface area contributed by atoms with E-state index in [1.54, 1.807) is 6.92 Å². The number of hydrogen-bond donors (Lipinski definition) is 1. The van der Waals surface area contributed by atoms with Crippen molar-refractivity contribution in [2.75, 3.05) is 6.61 Å². The molecule has 0 aromatic heterocycles. The predicted octanol–water partition coefficient (Wildman–Crippen LogP) is -0.279. The van der Waals surface area contributed by atoms with Crippen molar-refractivity contribution in [3.8, 4) is 0 Å². The molecule has 3 nitrogen and oxygen atoms in total. The zero-order valence-corrected chi connectivity index (χ0v) is 7.72. The Hall–Kier alpha value is 0.906. The summed E-state index contributed by atoms with van der Waals surface area (Å²) in [6, 6.07) is 0. The van der Waals surface area contributed by atoms with Gasteiger partial charge in [-0.2, -0.15) is 0 Å². The van der Waals surface area contributed by atoms with Gasteiger partial charge < -0.3 is 10.5 Å². The van der Waals surface area contributed by atoms with Crippen molar-refractivity contribution >= 4 is 57.5 Å². The average molecular weight is 128 g/mol. The molecule has 0 aliphatic rings. The molecule has 0 saturated carbocycles. The standard InChI is InChI=1S/C3H7NO2.K/c1-2-6-3(4)5;/h2H2,1H3,(H2,4,5);. The Bertz CT molecular complexity index is 56.9. The van der Waals surface area contributed by atoms with Crippen molar-refractivity contribution in [1.29, 1.82) is 0 Å². The average Bonchev–Trinajstić information content (AvgIpc) is 1.35. The summed E-state index contributed by atoms with van der Waals surface area (Å²) in [6.45, 7) is 2.06. The van der Waals surface area contributed by atoms with Gasteiger partial charge in [0.2, 0.25) is 0 Å². The van der Waals surface area contributed by atoms with Crippen LogP contribution in [0.15, 0.2) is 0 Å². The maximum atomic E-state index is 9.60. The summed E-state index contributed by atoms with van der Waals surface area (Å²) in [5.41, 5.74) is 4.54. The predicted molar refractivity (Wildman–Crippen MR) is 27.0 cm³/mol. The summed E-state index contributed by atoms with van der Waals surface area (Å²) in [5, 5.41) is 0. The molecule has 7 heavy (non-hydrogen) atoms. The topological polar surface area (TPSA) is 52.3 Å². The van der Waals surface area contributed by atoms with Crippen LogP contribution in [0.25, 0.3) is 0 Å². The van der Waals surface area contributed by atoms with E-state index in [2.05, 4.69) is 10.5 Å². The van der Waals surface area contributed by atoms with E-state index < -0.39 is 6.09 Å². The molecule has 0 heterocycles. The number of hydrogen-bond acceptors (Lipinski definition) is 2. The first-order valence-electron chi connectivity index (χ1n) is 1.69. The van der Waals surface area contributed by atoms with Crippen LogP contribution in [0.2, 0.25) is 0 Å².